The molecule has 0 rings (SSSR count). The fourth-order valence-corrected chi connectivity index (χ4v) is 4.94. The summed E-state index contributed by atoms with van der Waals surface area (Å²) in [7, 11) is 0. The third-order valence-electron chi connectivity index (χ3n) is 7.74. The topological polar surface area (TPSA) is 92.7 Å². The Morgan fingerprint density at radius 2 is 0.980 bits per heavy atom. The number of carbonyl (C=O) groups is 3. The Bertz CT molecular complexity index is 1080. The molecule has 1 unspecified atom stereocenters. The average molecular weight is 692 g/mol. The predicted molar refractivity (Wildman–Crippen MR) is 212 cm³/mol. The number of unbranched alkanes of at least 4 members (excludes halogenated alkanes) is 8. The van der Waals surface area contributed by atoms with Gasteiger partial charge in [0.25, 0.3) is 0 Å². The molecule has 0 radical (unpaired) electrons. The molecule has 2 N–H and O–H groups in total. The molecule has 280 valence electrons. The number of allylic oxidation sites excluding steroid dienone is 15. The van der Waals surface area contributed by atoms with Crippen LogP contribution in [0, 0.1) is 0 Å². The fourth-order valence-electron chi connectivity index (χ4n) is 4.94. The van der Waals surface area contributed by atoms with Gasteiger partial charge in [-0.1, -0.05) is 137 Å². The number of nitrogens with one attached hydrogen (secondary N) is 1. The lowest BCUT2D eigenvalue weighted by molar-refractivity contribution is -0.147. The van der Waals surface area contributed by atoms with Crippen molar-refractivity contribution < 1.29 is 24.2 Å². The Labute approximate surface area is 305 Å². The van der Waals surface area contributed by atoms with E-state index in [1.165, 1.54) is 0 Å². The van der Waals surface area contributed by atoms with E-state index >= 15 is 0 Å². The molecule has 0 aromatic carbocycles. The number of carboxylic acids is 1. The monoisotopic (exact) mass is 692 g/mol. The standard InChI is InChI=1S/C44H69NO5/c1-3-5-7-9-11-13-15-16-17-18-19-20-22-24-26-31-35-39-44(49)50-41(36-32-28-25-23-21-14-12-10-8-6-4-2)37-33-29-27-30-34-38-42(46)45-40-43(47)48/h5-8,11-14,16-17,19-20,23,25,32,36,41H,3-4,9-10,15,18,21-22,24,26-31,33-35,37-40H2,1-2H3,(H,45,46)(H,47,48)/b7-5-,8-6-,13-11-,14-12-,17-16-,20-19-,25-23-,36-32-. The van der Waals surface area contributed by atoms with Crippen LogP contribution in [0.25, 0.3) is 0 Å². The Balaban J connectivity index is 4.38. The summed E-state index contributed by atoms with van der Waals surface area (Å²) in [4.78, 5) is 34.9. The van der Waals surface area contributed by atoms with Gasteiger partial charge < -0.3 is 15.2 Å². The summed E-state index contributed by atoms with van der Waals surface area (Å²) in [6.45, 7) is 3.96. The molecule has 0 saturated carbocycles. The highest BCUT2D eigenvalue weighted by Crippen LogP contribution is 2.14. The van der Waals surface area contributed by atoms with Crippen molar-refractivity contribution in [2.24, 2.45) is 0 Å². The van der Waals surface area contributed by atoms with E-state index in [0.29, 0.717) is 12.8 Å². The van der Waals surface area contributed by atoms with Gasteiger partial charge >= 0.3 is 11.9 Å². The van der Waals surface area contributed by atoms with E-state index in [1.54, 1.807) is 0 Å². The van der Waals surface area contributed by atoms with Crippen LogP contribution in [0.1, 0.15) is 149 Å². The van der Waals surface area contributed by atoms with Crippen molar-refractivity contribution in [2.45, 2.75) is 155 Å². The molecular formula is C44H69NO5. The molecule has 0 heterocycles. The predicted octanol–water partition coefficient (Wildman–Crippen LogP) is 11.8. The molecule has 6 nitrogen and oxygen atoms in total. The molecule has 0 aliphatic carbocycles. The van der Waals surface area contributed by atoms with Crippen molar-refractivity contribution in [1.82, 2.24) is 5.32 Å². The minimum atomic E-state index is -1.03. The van der Waals surface area contributed by atoms with E-state index in [4.69, 9.17) is 9.84 Å². The van der Waals surface area contributed by atoms with E-state index in [-0.39, 0.29) is 24.5 Å². The van der Waals surface area contributed by atoms with E-state index in [2.05, 4.69) is 110 Å². The van der Waals surface area contributed by atoms with Crippen LogP contribution < -0.4 is 5.32 Å². The van der Waals surface area contributed by atoms with E-state index in [1.807, 2.05) is 6.08 Å². The molecule has 0 fully saturated rings. The Morgan fingerprint density at radius 1 is 0.540 bits per heavy atom. The van der Waals surface area contributed by atoms with Gasteiger partial charge in [0.15, 0.2) is 0 Å². The number of aliphatic carboxylic acids is 1. The van der Waals surface area contributed by atoms with Gasteiger partial charge in [-0.2, -0.15) is 0 Å². The first-order chi connectivity index (χ1) is 24.5. The van der Waals surface area contributed by atoms with Gasteiger partial charge in [0.1, 0.15) is 12.6 Å². The lowest BCUT2D eigenvalue weighted by atomic mass is 10.1. The molecule has 0 saturated heterocycles. The number of esters is 1. The summed E-state index contributed by atoms with van der Waals surface area (Å²) in [5.41, 5.74) is 0. The first-order valence-electron chi connectivity index (χ1n) is 19.4. The first-order valence-corrected chi connectivity index (χ1v) is 19.4. The van der Waals surface area contributed by atoms with Gasteiger partial charge in [0.05, 0.1) is 0 Å². The second-order valence-electron chi connectivity index (χ2n) is 12.4. The van der Waals surface area contributed by atoms with Crippen LogP contribution in [0.2, 0.25) is 0 Å². The normalized spacial score (nSPS) is 13.2. The fraction of sp³-hybridized carbons (Fsp3) is 0.568. The zero-order valence-corrected chi connectivity index (χ0v) is 31.5. The zero-order valence-electron chi connectivity index (χ0n) is 31.5. The van der Waals surface area contributed by atoms with Crippen LogP contribution in [0.3, 0.4) is 0 Å². The number of rotatable bonds is 33. The Hall–Kier alpha value is -3.67. The zero-order chi connectivity index (χ0) is 36.6. The summed E-state index contributed by atoms with van der Waals surface area (Å²) in [6, 6.07) is 0. The number of hydrogen-bond donors (Lipinski definition) is 2. The maximum absolute atomic E-state index is 12.7. The Morgan fingerprint density at radius 3 is 1.52 bits per heavy atom. The van der Waals surface area contributed by atoms with Crippen LogP contribution in [0.15, 0.2) is 97.2 Å². The third kappa shape index (κ3) is 37.2. The SMILES string of the molecule is CC/C=C\C/C=C\C/C=C\C/C=C\CCCCCCC(=O)OC(/C=C\C/C=C\C/C=C\C/C=C\CC)CCCCCCCC(=O)NCC(=O)O. The second-order valence-corrected chi connectivity index (χ2v) is 12.4. The van der Waals surface area contributed by atoms with Crippen LogP contribution in [0.4, 0.5) is 0 Å². The summed E-state index contributed by atoms with van der Waals surface area (Å²) >= 11 is 0. The number of hydrogen-bond acceptors (Lipinski definition) is 4. The molecule has 0 spiro atoms. The first kappa shape index (κ1) is 46.3. The van der Waals surface area contributed by atoms with Crippen LogP contribution in [0.5, 0.6) is 0 Å². The lowest BCUT2D eigenvalue weighted by Gasteiger charge is -2.14. The van der Waals surface area contributed by atoms with E-state index in [0.717, 1.165) is 122 Å². The molecule has 50 heavy (non-hydrogen) atoms. The summed E-state index contributed by atoms with van der Waals surface area (Å²) in [5, 5.41) is 11.0. The molecule has 1 atom stereocenters. The van der Waals surface area contributed by atoms with Crippen molar-refractivity contribution in [2.75, 3.05) is 6.54 Å². The molecule has 0 bridgehead atoms. The van der Waals surface area contributed by atoms with E-state index < -0.39 is 5.97 Å². The van der Waals surface area contributed by atoms with Crippen LogP contribution in [-0.4, -0.2) is 35.6 Å². The van der Waals surface area contributed by atoms with Crippen molar-refractivity contribution in [1.29, 1.82) is 0 Å². The summed E-state index contributed by atoms with van der Waals surface area (Å²) in [6.07, 6.45) is 53.9. The van der Waals surface area contributed by atoms with Crippen LogP contribution >= 0.6 is 0 Å². The van der Waals surface area contributed by atoms with Gasteiger partial charge in [-0.15, -0.1) is 0 Å². The molecule has 1 amide bonds. The maximum Gasteiger partial charge on any atom is 0.322 e. The Kier molecular flexibility index (Phi) is 35.3. The second kappa shape index (κ2) is 38.1. The smallest absolute Gasteiger partial charge is 0.322 e. The molecule has 0 aromatic rings. The third-order valence-corrected chi connectivity index (χ3v) is 7.74. The van der Waals surface area contributed by atoms with E-state index in [9.17, 15) is 14.4 Å². The van der Waals surface area contributed by atoms with Gasteiger partial charge in [0, 0.05) is 12.8 Å². The average Bonchev–Trinajstić information content (AvgIpc) is 3.10. The molecule has 6 heteroatoms. The van der Waals surface area contributed by atoms with Crippen molar-refractivity contribution in [3.63, 3.8) is 0 Å². The van der Waals surface area contributed by atoms with Gasteiger partial charge in [0.2, 0.25) is 5.91 Å². The highest BCUT2D eigenvalue weighted by atomic mass is 16.5. The quantitative estimate of drug-likeness (QED) is 0.0406. The minimum Gasteiger partial charge on any atom is -0.480 e. The van der Waals surface area contributed by atoms with Gasteiger partial charge in [-0.05, 0) is 96.0 Å². The van der Waals surface area contributed by atoms with Crippen molar-refractivity contribution >= 4 is 17.8 Å². The molecule has 0 aromatic heterocycles. The minimum absolute atomic E-state index is 0.122. The highest BCUT2D eigenvalue weighted by molar-refractivity contribution is 5.80. The van der Waals surface area contributed by atoms with Crippen molar-refractivity contribution in [3.8, 4) is 0 Å². The molecule has 0 aliphatic heterocycles. The molecular weight excluding hydrogens is 622 g/mol. The summed E-state index contributed by atoms with van der Waals surface area (Å²) < 4.78 is 5.88. The number of carbonyl (C=O) groups excluding carboxylic acids is 2. The highest BCUT2D eigenvalue weighted by Gasteiger charge is 2.11. The maximum atomic E-state index is 12.7. The number of carboxylic acid groups (broad SMARTS) is 1. The number of amides is 1. The largest absolute Gasteiger partial charge is 0.480 e. The van der Waals surface area contributed by atoms with Crippen molar-refractivity contribution in [3.05, 3.63) is 97.2 Å². The van der Waals surface area contributed by atoms with Gasteiger partial charge in [-0.3, -0.25) is 14.4 Å². The van der Waals surface area contributed by atoms with Crippen LogP contribution in [-0.2, 0) is 19.1 Å². The summed E-state index contributed by atoms with van der Waals surface area (Å²) in [5.74, 6) is -1.37. The molecule has 0 aliphatic rings. The van der Waals surface area contributed by atoms with Gasteiger partial charge in [-0.25, -0.2) is 0 Å². The number of ether oxygens (including phenoxy) is 1. The lowest BCUT2D eigenvalue weighted by Crippen LogP contribution is -2.28.